The highest BCUT2D eigenvalue weighted by atomic mass is 15.1. The van der Waals surface area contributed by atoms with Crippen molar-refractivity contribution >= 4 is 65.4 Å². The van der Waals surface area contributed by atoms with Crippen LogP contribution >= 0.6 is 0 Å². The minimum Gasteiger partial charge on any atom is -0.309 e. The maximum absolute atomic E-state index is 5.62. The van der Waals surface area contributed by atoms with Crippen LogP contribution in [0.3, 0.4) is 0 Å². The highest BCUT2D eigenvalue weighted by Crippen LogP contribution is 2.40. The van der Waals surface area contributed by atoms with Crippen molar-refractivity contribution in [1.29, 1.82) is 0 Å². The first-order valence-electron chi connectivity index (χ1n) is 36.6. The molecule has 0 aliphatic carbocycles. The molecule has 0 unspecified atom stereocenters. The summed E-state index contributed by atoms with van der Waals surface area (Å²) >= 11 is 0. The molecule has 0 aliphatic rings. The van der Waals surface area contributed by atoms with Gasteiger partial charge in [-0.15, -0.1) is 0 Å². The molecular formula is C96H75N9. The van der Waals surface area contributed by atoms with Crippen LogP contribution in [0.25, 0.3) is 134 Å². The minimum atomic E-state index is 0.751. The fourth-order valence-electron chi connectivity index (χ4n) is 16.3. The lowest BCUT2D eigenvalue weighted by Crippen LogP contribution is -2.00. The van der Waals surface area contributed by atoms with Gasteiger partial charge in [0.15, 0.2) is 0 Å². The van der Waals surface area contributed by atoms with Gasteiger partial charge >= 0.3 is 0 Å². The Morgan fingerprint density at radius 3 is 0.781 bits per heavy atom. The summed E-state index contributed by atoms with van der Waals surface area (Å²) in [4.78, 5) is 16.9. The molecule has 0 saturated heterocycles. The highest BCUT2D eigenvalue weighted by molar-refractivity contribution is 6.12. The number of aryl methyl sites for hydroxylation is 9. The number of fused-ring (bicyclic) bond motifs is 9. The number of para-hydroxylation sites is 9. The normalized spacial score (nSPS) is 11.8. The predicted molar refractivity (Wildman–Crippen MR) is 433 cm³/mol. The minimum absolute atomic E-state index is 0.751. The summed E-state index contributed by atoms with van der Waals surface area (Å²) in [5.41, 5.74) is 27.6. The second-order valence-electron chi connectivity index (χ2n) is 28.1. The molecule has 0 bridgehead atoms. The number of hydrogen-bond acceptors (Lipinski definition) is 3. The van der Waals surface area contributed by atoms with Gasteiger partial charge in [0.25, 0.3) is 0 Å². The number of nitrogens with zero attached hydrogens (tertiary/aromatic N) is 9. The zero-order valence-electron chi connectivity index (χ0n) is 58.9. The highest BCUT2D eigenvalue weighted by Gasteiger charge is 2.23. The van der Waals surface area contributed by atoms with Crippen molar-refractivity contribution in [2.75, 3.05) is 0 Å². The van der Waals surface area contributed by atoms with E-state index in [2.05, 4.69) is 376 Å². The Morgan fingerprint density at radius 1 is 0.229 bits per heavy atom. The number of rotatable bonds is 18. The van der Waals surface area contributed by atoms with Crippen molar-refractivity contribution < 1.29 is 0 Å². The van der Waals surface area contributed by atoms with E-state index in [1.54, 1.807) is 0 Å². The third-order valence-electron chi connectivity index (χ3n) is 21.3. The zero-order valence-corrected chi connectivity index (χ0v) is 58.9. The van der Waals surface area contributed by atoms with E-state index in [1.165, 1.54) is 98.8 Å². The van der Waals surface area contributed by atoms with Gasteiger partial charge in [0.1, 0.15) is 17.5 Å². The summed E-state index contributed by atoms with van der Waals surface area (Å²) in [5.74, 6) is 2.79. The topological polar surface area (TPSA) is 68.2 Å². The van der Waals surface area contributed by atoms with Gasteiger partial charge in [0, 0.05) is 102 Å². The van der Waals surface area contributed by atoms with Gasteiger partial charge in [-0.05, 0) is 220 Å². The second kappa shape index (κ2) is 26.4. The fraction of sp³-hybridized carbons (Fsp3) is 0.0938. The summed E-state index contributed by atoms with van der Waals surface area (Å²) in [6.45, 7) is 6.59. The van der Waals surface area contributed by atoms with Crippen molar-refractivity contribution in [3.05, 3.63) is 378 Å². The molecule has 9 heteroatoms. The number of benzene rings is 13. The largest absolute Gasteiger partial charge is 0.309 e. The van der Waals surface area contributed by atoms with Crippen LogP contribution in [0.5, 0.6) is 0 Å². The quantitative estimate of drug-likeness (QED) is 0.0860. The molecule has 13 aromatic carbocycles. The molecular weight excluding hydrogens is 1280 g/mol. The predicted octanol–water partition coefficient (Wildman–Crippen LogP) is 22.8. The monoisotopic (exact) mass is 1350 g/mol. The van der Waals surface area contributed by atoms with E-state index < -0.39 is 0 Å². The molecule has 6 heterocycles. The van der Waals surface area contributed by atoms with Crippen LogP contribution in [0.15, 0.2) is 328 Å². The number of imidazole rings is 3. The molecule has 6 aromatic heterocycles. The van der Waals surface area contributed by atoms with Crippen molar-refractivity contribution in [2.24, 2.45) is 0 Å². The molecule has 0 aliphatic heterocycles. The molecule has 0 fully saturated rings. The Morgan fingerprint density at radius 2 is 0.486 bits per heavy atom. The Kier molecular flexibility index (Phi) is 15.8. The van der Waals surface area contributed by atoms with Crippen molar-refractivity contribution in [2.45, 2.75) is 59.3 Å². The van der Waals surface area contributed by atoms with Crippen LogP contribution in [-0.2, 0) is 38.5 Å². The van der Waals surface area contributed by atoms with Gasteiger partial charge in [-0.2, -0.15) is 0 Å². The molecule has 0 saturated carbocycles. The standard InChI is InChI=1S/C96H75N9/c1-64-25-13-19-37-85(64)100-61-73(97-94(100)70-46-52-91-82(58-70)79-34-16-22-40-88(79)103(91)76-28-7-4-8-29-76)49-43-67-55-68(44-50-74-62-101(86-38-20-14-26-65(86)2)95(98-74)71-47-53-92-83(59-71)80-35-17-23-41-89(80)104(92)77-30-9-5-10-31-77)57-69(56-67)45-51-75-63-102(87-39-21-15-27-66(87)3)96(99-75)72-48-54-93-84(60-72)81-36-18-24-42-90(81)105(93)78-32-11-6-12-33-78/h4-42,46-48,52-63H,43-45,49-51H2,1-3H3. The molecule has 105 heavy (non-hydrogen) atoms. The van der Waals surface area contributed by atoms with Crippen molar-refractivity contribution in [3.63, 3.8) is 0 Å². The Hall–Kier alpha value is -13.1. The summed E-state index contributed by atoms with van der Waals surface area (Å²) in [7, 11) is 0. The molecule has 19 aromatic rings. The van der Waals surface area contributed by atoms with E-state index in [9.17, 15) is 0 Å². The molecule has 0 atom stereocenters. The van der Waals surface area contributed by atoms with E-state index in [-0.39, 0.29) is 0 Å². The van der Waals surface area contributed by atoms with Crippen LogP contribution in [-0.4, -0.2) is 42.4 Å². The van der Waals surface area contributed by atoms with E-state index in [0.717, 1.165) is 124 Å². The smallest absolute Gasteiger partial charge is 0.144 e. The molecule has 9 nitrogen and oxygen atoms in total. The average molecular weight is 1350 g/mol. The Labute approximate surface area is 610 Å². The molecule has 0 amide bonds. The first-order chi connectivity index (χ1) is 51.8. The molecule has 0 radical (unpaired) electrons. The Bertz CT molecular complexity index is 5870. The molecule has 504 valence electrons. The molecule has 0 N–H and O–H groups in total. The lowest BCUT2D eigenvalue weighted by Gasteiger charge is -2.11. The van der Waals surface area contributed by atoms with Crippen LogP contribution in [0, 0.1) is 20.8 Å². The summed E-state index contributed by atoms with van der Waals surface area (Å²) in [5, 5.41) is 7.24. The second-order valence-corrected chi connectivity index (χ2v) is 28.1. The first-order valence-corrected chi connectivity index (χ1v) is 36.6. The molecule has 0 spiro atoms. The lowest BCUT2D eigenvalue weighted by atomic mass is 9.96. The van der Waals surface area contributed by atoms with Gasteiger partial charge in [-0.3, -0.25) is 13.7 Å². The number of aromatic nitrogens is 9. The summed E-state index contributed by atoms with van der Waals surface area (Å²) in [6, 6.07) is 112. The third-order valence-corrected chi connectivity index (χ3v) is 21.3. The van der Waals surface area contributed by atoms with Gasteiger partial charge in [0.05, 0.1) is 50.2 Å². The zero-order chi connectivity index (χ0) is 70.1. The van der Waals surface area contributed by atoms with Crippen LogP contribution in [0.2, 0.25) is 0 Å². The first kappa shape index (κ1) is 62.9. The maximum Gasteiger partial charge on any atom is 0.144 e. The van der Waals surface area contributed by atoms with Gasteiger partial charge in [0.2, 0.25) is 0 Å². The van der Waals surface area contributed by atoms with Crippen LogP contribution < -0.4 is 0 Å². The fourth-order valence-corrected chi connectivity index (χ4v) is 16.3. The van der Waals surface area contributed by atoms with Crippen LogP contribution in [0.1, 0.15) is 50.5 Å². The number of hydrogen-bond donors (Lipinski definition) is 0. The van der Waals surface area contributed by atoms with E-state index in [0.29, 0.717) is 0 Å². The van der Waals surface area contributed by atoms with Crippen molar-refractivity contribution in [3.8, 4) is 68.3 Å². The van der Waals surface area contributed by atoms with Crippen LogP contribution in [0.4, 0.5) is 0 Å². The van der Waals surface area contributed by atoms with E-state index in [4.69, 9.17) is 15.0 Å². The SMILES string of the molecule is Cc1ccccc1-n1cc(CCc2cc(CCc3cn(-c4ccccc4C)c(-c4ccc5c(c4)c4ccccc4n5-c4ccccc4)n3)cc(CCc3cn(-c4ccccc4C)c(-c4ccc5c(c4)c4ccccc4n5-c4ccccc4)n3)c2)nc1-c1ccc2c(c1)c1ccccc1n2-c1ccccc1. The third kappa shape index (κ3) is 11.4. The van der Waals surface area contributed by atoms with Gasteiger partial charge in [-0.1, -0.05) is 182 Å². The van der Waals surface area contributed by atoms with E-state index in [1.807, 2.05) is 0 Å². The molecule has 19 rings (SSSR count). The average Bonchev–Trinajstić information content (AvgIpc) is 1.60. The van der Waals surface area contributed by atoms with E-state index >= 15 is 0 Å². The van der Waals surface area contributed by atoms with Crippen molar-refractivity contribution in [1.82, 2.24) is 42.4 Å². The lowest BCUT2D eigenvalue weighted by molar-refractivity contribution is 0.877. The summed E-state index contributed by atoms with van der Waals surface area (Å²) < 4.78 is 14.1. The maximum atomic E-state index is 5.62. The van der Waals surface area contributed by atoms with Gasteiger partial charge < -0.3 is 13.7 Å². The Balaban J connectivity index is 0.691. The van der Waals surface area contributed by atoms with Gasteiger partial charge in [-0.25, -0.2) is 15.0 Å². The summed E-state index contributed by atoms with van der Waals surface area (Å²) in [6.07, 6.45) is 11.5.